The van der Waals surface area contributed by atoms with E-state index in [1.807, 2.05) is 0 Å². The van der Waals surface area contributed by atoms with Gasteiger partial charge in [0.15, 0.2) is 5.76 Å². The number of aliphatic hydroxyl groups is 2. The predicted molar refractivity (Wildman–Crippen MR) is 110 cm³/mol. The quantitative estimate of drug-likeness (QED) is 0.598. The number of hydrogen-bond acceptors (Lipinski definition) is 8. The molecular weight excluding hydrogens is 441 g/mol. The molecule has 1 aliphatic heterocycles. The average Bonchev–Trinajstić information content (AvgIpc) is 3.28. The van der Waals surface area contributed by atoms with Crippen molar-refractivity contribution in [3.8, 4) is 0 Å². The zero-order chi connectivity index (χ0) is 24.2. The van der Waals surface area contributed by atoms with E-state index >= 15 is 0 Å². The molecule has 4 rings (SSSR count). The molecule has 0 amide bonds. The molecule has 0 aromatic carbocycles. The number of halogens is 1. The smallest absolute Gasteiger partial charge is 0.333 e. The molecule has 0 radical (unpaired) electrons. The Morgan fingerprint density at radius 1 is 1.27 bits per heavy atom. The number of allylic oxidation sites excluding steroid dienone is 2. The Labute approximate surface area is 185 Å². The van der Waals surface area contributed by atoms with Gasteiger partial charge in [0, 0.05) is 30.8 Å². The van der Waals surface area contributed by atoms with Crippen molar-refractivity contribution < 1.29 is 33.7 Å². The first kappa shape index (κ1) is 22.8. The van der Waals surface area contributed by atoms with Crippen molar-refractivity contribution in [1.29, 1.82) is 0 Å². The summed E-state index contributed by atoms with van der Waals surface area (Å²) < 4.78 is 27.9. The van der Waals surface area contributed by atoms with Gasteiger partial charge in [-0.05, 0) is 6.92 Å². The number of methoxy groups -OCH3 is 1. The van der Waals surface area contributed by atoms with Crippen LogP contribution in [0.5, 0.6) is 0 Å². The molecule has 0 bridgehead atoms. The van der Waals surface area contributed by atoms with E-state index in [0.29, 0.717) is 16.5 Å². The standard InChI is InChI=1S/C21H22FN3O8/c1-9-10(17-18(23(9)2)13(28)4-14(32-3)19(17)29)6-25-20(30)11(22)7-24(21(25)31)16-5-12(27)15(8-26)33-16/h4,7,12,15-16,26-27H,5-6,8H2,1-3H3/t12-,15+,16+/m0/s1. The molecule has 33 heavy (non-hydrogen) atoms. The van der Waals surface area contributed by atoms with Crippen molar-refractivity contribution in [3.63, 3.8) is 0 Å². The fraction of sp³-hybridized carbons (Fsp3) is 0.429. The molecule has 176 valence electrons. The van der Waals surface area contributed by atoms with Gasteiger partial charge in [-0.2, -0.15) is 4.39 Å². The van der Waals surface area contributed by atoms with Gasteiger partial charge in [0.2, 0.25) is 17.4 Å². The molecule has 12 heteroatoms. The highest BCUT2D eigenvalue weighted by Crippen LogP contribution is 2.30. The fourth-order valence-electron chi connectivity index (χ4n) is 4.26. The van der Waals surface area contributed by atoms with E-state index in [2.05, 4.69) is 0 Å². The third kappa shape index (κ3) is 3.46. The molecule has 3 atom stereocenters. The van der Waals surface area contributed by atoms with Crippen molar-refractivity contribution in [1.82, 2.24) is 13.7 Å². The molecule has 2 aromatic heterocycles. The highest BCUT2D eigenvalue weighted by Gasteiger charge is 2.37. The second-order valence-electron chi connectivity index (χ2n) is 7.93. The van der Waals surface area contributed by atoms with E-state index in [-0.39, 0.29) is 29.0 Å². The SMILES string of the molecule is COC1=CC(=O)c2c(c(Cn3c(=O)c(F)cn([C@H]4C[C@H](O)[C@@H](CO)O4)c3=O)c(C)n2C)C1=O. The number of aromatic nitrogens is 3. The summed E-state index contributed by atoms with van der Waals surface area (Å²) in [6.07, 6.45) is -1.50. The van der Waals surface area contributed by atoms with E-state index in [0.717, 1.165) is 10.6 Å². The molecule has 11 nitrogen and oxygen atoms in total. The fourth-order valence-corrected chi connectivity index (χ4v) is 4.26. The van der Waals surface area contributed by atoms with Crippen LogP contribution in [0, 0.1) is 12.7 Å². The molecule has 1 aliphatic carbocycles. The van der Waals surface area contributed by atoms with E-state index < -0.39 is 60.2 Å². The van der Waals surface area contributed by atoms with Crippen LogP contribution in [0.2, 0.25) is 0 Å². The van der Waals surface area contributed by atoms with Crippen molar-refractivity contribution in [3.05, 3.63) is 67.2 Å². The summed E-state index contributed by atoms with van der Waals surface area (Å²) >= 11 is 0. The number of carbonyl (C=O) groups is 2. The zero-order valence-electron chi connectivity index (χ0n) is 18.1. The van der Waals surface area contributed by atoms with Crippen LogP contribution in [0.1, 0.15) is 44.8 Å². The normalized spacial score (nSPS) is 22.5. The maximum atomic E-state index is 14.5. The van der Waals surface area contributed by atoms with Gasteiger partial charge >= 0.3 is 5.69 Å². The second-order valence-corrected chi connectivity index (χ2v) is 7.93. The predicted octanol–water partition coefficient (Wildman–Crippen LogP) is -0.606. The Bertz CT molecular complexity index is 1320. The maximum Gasteiger partial charge on any atom is 0.333 e. The summed E-state index contributed by atoms with van der Waals surface area (Å²) in [7, 11) is 2.80. The molecule has 1 fully saturated rings. The lowest BCUT2D eigenvalue weighted by molar-refractivity contribution is -0.0466. The number of nitrogens with zero attached hydrogens (tertiary/aromatic N) is 3. The third-order valence-corrected chi connectivity index (χ3v) is 6.14. The molecule has 0 spiro atoms. The van der Waals surface area contributed by atoms with Crippen LogP contribution < -0.4 is 11.2 Å². The largest absolute Gasteiger partial charge is 0.492 e. The van der Waals surface area contributed by atoms with E-state index in [9.17, 15) is 33.8 Å². The number of carbonyl (C=O) groups excluding carboxylic acids is 2. The number of rotatable bonds is 5. The number of Topliss-reactive ketones (excluding diaryl/α,β-unsaturated/α-hetero) is 1. The van der Waals surface area contributed by atoms with Crippen LogP contribution in [0.25, 0.3) is 0 Å². The molecule has 2 N–H and O–H groups in total. The summed E-state index contributed by atoms with van der Waals surface area (Å²) in [6, 6.07) is 0. The Kier molecular flexibility index (Phi) is 5.68. The number of ketones is 2. The van der Waals surface area contributed by atoms with Gasteiger partial charge in [0.1, 0.15) is 18.0 Å². The molecule has 3 heterocycles. The first-order valence-corrected chi connectivity index (χ1v) is 10.1. The Morgan fingerprint density at radius 3 is 2.58 bits per heavy atom. The monoisotopic (exact) mass is 463 g/mol. The third-order valence-electron chi connectivity index (χ3n) is 6.14. The van der Waals surface area contributed by atoms with Gasteiger partial charge in [0.25, 0.3) is 5.56 Å². The van der Waals surface area contributed by atoms with E-state index in [4.69, 9.17) is 9.47 Å². The minimum Gasteiger partial charge on any atom is -0.492 e. The Balaban J connectivity index is 1.84. The Hall–Kier alpha value is -3.35. The summed E-state index contributed by atoms with van der Waals surface area (Å²) in [5, 5.41) is 19.2. The molecule has 0 saturated carbocycles. The summed E-state index contributed by atoms with van der Waals surface area (Å²) in [5.74, 6) is -2.51. The lowest BCUT2D eigenvalue weighted by Crippen LogP contribution is -2.43. The number of fused-ring (bicyclic) bond motifs is 1. The highest BCUT2D eigenvalue weighted by atomic mass is 19.1. The highest BCUT2D eigenvalue weighted by molar-refractivity contribution is 6.24. The van der Waals surface area contributed by atoms with Gasteiger partial charge in [-0.15, -0.1) is 0 Å². The average molecular weight is 463 g/mol. The van der Waals surface area contributed by atoms with Gasteiger partial charge in [0.05, 0.1) is 38.1 Å². The lowest BCUT2D eigenvalue weighted by atomic mass is 9.96. The number of aliphatic hydroxyl groups excluding tert-OH is 2. The molecule has 0 unspecified atom stereocenters. The van der Waals surface area contributed by atoms with Crippen molar-refractivity contribution in [2.24, 2.45) is 7.05 Å². The van der Waals surface area contributed by atoms with Crippen LogP contribution in [0.15, 0.2) is 27.6 Å². The van der Waals surface area contributed by atoms with Crippen LogP contribution >= 0.6 is 0 Å². The van der Waals surface area contributed by atoms with Crippen molar-refractivity contribution >= 4 is 11.6 Å². The number of ether oxygens (including phenoxy) is 2. The van der Waals surface area contributed by atoms with Gasteiger partial charge in [-0.25, -0.2) is 4.79 Å². The second kappa shape index (κ2) is 8.21. The first-order valence-electron chi connectivity index (χ1n) is 10.1. The van der Waals surface area contributed by atoms with Crippen LogP contribution in [-0.4, -0.2) is 61.4 Å². The summed E-state index contributed by atoms with van der Waals surface area (Å²) in [4.78, 5) is 51.1. The molecule has 2 aromatic rings. The van der Waals surface area contributed by atoms with Gasteiger partial charge in [-0.1, -0.05) is 0 Å². The van der Waals surface area contributed by atoms with E-state index in [1.165, 1.54) is 11.7 Å². The van der Waals surface area contributed by atoms with Gasteiger partial charge < -0.3 is 24.3 Å². The van der Waals surface area contributed by atoms with E-state index in [1.54, 1.807) is 14.0 Å². The van der Waals surface area contributed by atoms with Crippen molar-refractivity contribution in [2.45, 2.75) is 38.3 Å². The molecule has 2 aliphatic rings. The Morgan fingerprint density at radius 2 is 1.97 bits per heavy atom. The van der Waals surface area contributed by atoms with Crippen LogP contribution in [0.4, 0.5) is 4.39 Å². The zero-order valence-corrected chi connectivity index (χ0v) is 18.1. The maximum absolute atomic E-state index is 14.5. The minimum atomic E-state index is -1.25. The minimum absolute atomic E-state index is 0.0191. The molecular formula is C21H22FN3O8. The first-order chi connectivity index (χ1) is 15.6. The van der Waals surface area contributed by atoms with Crippen molar-refractivity contribution in [2.75, 3.05) is 13.7 Å². The van der Waals surface area contributed by atoms with Crippen LogP contribution in [0.3, 0.4) is 0 Å². The number of hydrogen-bond donors (Lipinski definition) is 2. The topological polar surface area (TPSA) is 142 Å². The summed E-state index contributed by atoms with van der Waals surface area (Å²) in [5.41, 5.74) is -1.47. The lowest BCUT2D eigenvalue weighted by Gasteiger charge is -2.17. The molecule has 1 saturated heterocycles. The van der Waals surface area contributed by atoms with Gasteiger partial charge in [-0.3, -0.25) is 23.5 Å². The van der Waals surface area contributed by atoms with Crippen LogP contribution in [-0.2, 0) is 23.1 Å². The summed E-state index contributed by atoms with van der Waals surface area (Å²) in [6.45, 7) is 0.611.